The van der Waals surface area contributed by atoms with E-state index in [9.17, 15) is 14.4 Å². The van der Waals surface area contributed by atoms with Crippen LogP contribution in [0.1, 0.15) is 65.7 Å². The summed E-state index contributed by atoms with van der Waals surface area (Å²) in [6.07, 6.45) is 6.41. The van der Waals surface area contributed by atoms with Crippen LogP contribution in [0.2, 0.25) is 0 Å². The topological polar surface area (TPSA) is 87.7 Å². The minimum atomic E-state index is -0.583. The molecule has 0 radical (unpaired) electrons. The van der Waals surface area contributed by atoms with Crippen molar-refractivity contribution in [3.63, 3.8) is 0 Å². The molecule has 26 heavy (non-hydrogen) atoms. The van der Waals surface area contributed by atoms with Crippen LogP contribution in [-0.2, 0) is 14.3 Å². The summed E-state index contributed by atoms with van der Waals surface area (Å²) in [5, 5.41) is 5.61. The summed E-state index contributed by atoms with van der Waals surface area (Å²) in [4.78, 5) is 37.7. The molecule has 1 aliphatic heterocycles. The quantitative estimate of drug-likeness (QED) is 0.780. The second-order valence-corrected chi connectivity index (χ2v) is 8.43. The van der Waals surface area contributed by atoms with Crippen molar-refractivity contribution < 1.29 is 19.1 Å². The molecule has 2 fully saturated rings. The maximum absolute atomic E-state index is 12.2. The third kappa shape index (κ3) is 7.22. The van der Waals surface area contributed by atoms with Crippen molar-refractivity contribution in [1.82, 2.24) is 15.5 Å². The zero-order valence-corrected chi connectivity index (χ0v) is 16.3. The van der Waals surface area contributed by atoms with Crippen LogP contribution >= 0.6 is 0 Å². The first-order chi connectivity index (χ1) is 12.2. The summed E-state index contributed by atoms with van der Waals surface area (Å²) < 4.78 is 5.12. The van der Waals surface area contributed by atoms with Crippen LogP contribution in [0.4, 0.5) is 4.79 Å². The highest BCUT2D eigenvalue weighted by Gasteiger charge is 2.26. The van der Waals surface area contributed by atoms with Crippen molar-refractivity contribution in [1.29, 1.82) is 0 Å². The Balaban J connectivity index is 1.63. The van der Waals surface area contributed by atoms with Crippen LogP contribution in [0.3, 0.4) is 0 Å². The maximum atomic E-state index is 12.2. The Labute approximate surface area is 156 Å². The number of alkyl carbamates (subject to hydrolysis) is 1. The minimum absolute atomic E-state index is 0.0619. The van der Waals surface area contributed by atoms with E-state index in [2.05, 4.69) is 10.6 Å². The lowest BCUT2D eigenvalue weighted by atomic mass is 10.0. The average molecular weight is 367 g/mol. The zero-order valence-electron chi connectivity index (χ0n) is 16.3. The van der Waals surface area contributed by atoms with Gasteiger partial charge in [0.25, 0.3) is 0 Å². The zero-order chi connectivity index (χ0) is 19.2. The van der Waals surface area contributed by atoms with Gasteiger partial charge in [-0.1, -0.05) is 12.8 Å². The van der Waals surface area contributed by atoms with Crippen molar-refractivity contribution in [2.45, 2.75) is 77.4 Å². The first-order valence-electron chi connectivity index (χ1n) is 9.77. The van der Waals surface area contributed by atoms with E-state index < -0.39 is 11.7 Å². The van der Waals surface area contributed by atoms with Crippen LogP contribution in [0, 0.1) is 5.92 Å². The molecule has 1 aliphatic carbocycles. The molecule has 0 bridgehead atoms. The first-order valence-corrected chi connectivity index (χ1v) is 9.77. The first kappa shape index (κ1) is 20.5. The molecule has 2 aliphatic rings. The molecule has 2 rings (SSSR count). The molecule has 2 N–H and O–H groups in total. The van der Waals surface area contributed by atoms with Gasteiger partial charge < -0.3 is 20.3 Å². The largest absolute Gasteiger partial charge is 0.444 e. The molecule has 3 amide bonds. The number of ether oxygens (including phenoxy) is 1. The van der Waals surface area contributed by atoms with E-state index in [0.29, 0.717) is 25.4 Å². The van der Waals surface area contributed by atoms with E-state index in [1.807, 2.05) is 0 Å². The van der Waals surface area contributed by atoms with Crippen LogP contribution < -0.4 is 10.6 Å². The van der Waals surface area contributed by atoms with Crippen molar-refractivity contribution in [3.05, 3.63) is 0 Å². The van der Waals surface area contributed by atoms with Crippen molar-refractivity contribution in [2.24, 2.45) is 5.92 Å². The lowest BCUT2D eigenvalue weighted by Crippen LogP contribution is -2.49. The normalized spacial score (nSPS) is 19.3. The summed E-state index contributed by atoms with van der Waals surface area (Å²) in [6.45, 7) is 6.47. The van der Waals surface area contributed by atoms with Crippen molar-refractivity contribution >= 4 is 17.9 Å². The third-order valence-electron chi connectivity index (χ3n) is 4.94. The molecule has 1 saturated heterocycles. The lowest BCUT2D eigenvalue weighted by molar-refractivity contribution is -0.131. The number of rotatable bonds is 5. The molecular formula is C19H33N3O4. The molecule has 0 spiro atoms. The molecule has 1 heterocycles. The number of nitrogens with one attached hydrogen (secondary N) is 2. The van der Waals surface area contributed by atoms with Gasteiger partial charge in [0.15, 0.2) is 0 Å². The number of hydrogen-bond donors (Lipinski definition) is 2. The Kier molecular flexibility index (Phi) is 7.29. The van der Waals surface area contributed by atoms with Gasteiger partial charge in [-0.15, -0.1) is 0 Å². The number of likely N-dealkylation sites (tertiary alicyclic amines) is 1. The maximum Gasteiger partial charge on any atom is 0.408 e. The average Bonchev–Trinajstić information content (AvgIpc) is 3.04. The van der Waals surface area contributed by atoms with Gasteiger partial charge in [-0.2, -0.15) is 0 Å². The monoisotopic (exact) mass is 367 g/mol. The van der Waals surface area contributed by atoms with Crippen LogP contribution in [-0.4, -0.2) is 54.1 Å². The van der Waals surface area contributed by atoms with E-state index in [4.69, 9.17) is 4.74 Å². The number of hydrogen-bond acceptors (Lipinski definition) is 4. The van der Waals surface area contributed by atoms with Gasteiger partial charge in [-0.05, 0) is 52.4 Å². The molecule has 0 aromatic carbocycles. The van der Waals surface area contributed by atoms with Crippen LogP contribution in [0.15, 0.2) is 0 Å². The third-order valence-corrected chi connectivity index (χ3v) is 4.94. The molecule has 148 valence electrons. The van der Waals surface area contributed by atoms with Crippen molar-refractivity contribution in [3.8, 4) is 0 Å². The Morgan fingerprint density at radius 2 is 1.65 bits per heavy atom. The Morgan fingerprint density at radius 1 is 1.04 bits per heavy atom. The SMILES string of the molecule is CC(C)(C)OC(=O)NCC(=O)N1CCC(NC(=O)CC2CCCC2)CC1. The van der Waals surface area contributed by atoms with Gasteiger partial charge in [-0.25, -0.2) is 4.79 Å². The van der Waals surface area contributed by atoms with Crippen LogP contribution in [0.5, 0.6) is 0 Å². The second kappa shape index (κ2) is 9.24. The van der Waals surface area contributed by atoms with E-state index in [1.54, 1.807) is 25.7 Å². The number of piperidine rings is 1. The van der Waals surface area contributed by atoms with E-state index in [1.165, 1.54) is 25.7 Å². The molecule has 0 aromatic heterocycles. The molecule has 0 atom stereocenters. The Morgan fingerprint density at radius 3 is 2.23 bits per heavy atom. The highest BCUT2D eigenvalue weighted by atomic mass is 16.6. The van der Waals surface area contributed by atoms with Gasteiger partial charge in [-0.3, -0.25) is 9.59 Å². The fourth-order valence-electron chi connectivity index (χ4n) is 3.61. The molecule has 7 heteroatoms. The van der Waals surface area contributed by atoms with E-state index in [-0.39, 0.29) is 24.4 Å². The van der Waals surface area contributed by atoms with E-state index in [0.717, 1.165) is 12.8 Å². The van der Waals surface area contributed by atoms with Gasteiger partial charge >= 0.3 is 6.09 Å². The fourth-order valence-corrected chi connectivity index (χ4v) is 3.61. The summed E-state index contributed by atoms with van der Waals surface area (Å²) in [5.41, 5.74) is -0.581. The molecule has 1 saturated carbocycles. The summed E-state index contributed by atoms with van der Waals surface area (Å²) >= 11 is 0. The highest BCUT2D eigenvalue weighted by Crippen LogP contribution is 2.27. The molecule has 0 unspecified atom stereocenters. The van der Waals surface area contributed by atoms with Crippen LogP contribution in [0.25, 0.3) is 0 Å². The predicted octanol–water partition coefficient (Wildman–Crippen LogP) is 2.20. The number of carbonyl (C=O) groups is 3. The van der Waals surface area contributed by atoms with Gasteiger partial charge in [0.05, 0.1) is 0 Å². The highest BCUT2D eigenvalue weighted by molar-refractivity contribution is 5.82. The van der Waals surface area contributed by atoms with Gasteiger partial charge in [0, 0.05) is 25.6 Å². The fraction of sp³-hybridized carbons (Fsp3) is 0.842. The van der Waals surface area contributed by atoms with E-state index >= 15 is 0 Å². The number of amides is 3. The van der Waals surface area contributed by atoms with Crippen molar-refractivity contribution in [2.75, 3.05) is 19.6 Å². The van der Waals surface area contributed by atoms with Gasteiger partial charge in [0.2, 0.25) is 11.8 Å². The van der Waals surface area contributed by atoms with Gasteiger partial charge in [0.1, 0.15) is 12.1 Å². The summed E-state index contributed by atoms with van der Waals surface area (Å²) in [6, 6.07) is 0.145. The summed E-state index contributed by atoms with van der Waals surface area (Å²) in [7, 11) is 0. The Bertz CT molecular complexity index is 501. The molecule has 7 nitrogen and oxygen atoms in total. The Hall–Kier alpha value is -1.79. The summed E-state index contributed by atoms with van der Waals surface area (Å²) in [5.74, 6) is 0.579. The standard InChI is InChI=1S/C19H33N3O4/c1-19(2,3)26-18(25)20-13-17(24)22-10-8-15(9-11-22)21-16(23)12-14-6-4-5-7-14/h14-15H,4-13H2,1-3H3,(H,20,25)(H,21,23). The molecular weight excluding hydrogens is 334 g/mol. The number of nitrogens with zero attached hydrogens (tertiary/aromatic N) is 1. The number of carbonyl (C=O) groups excluding carboxylic acids is 3. The lowest BCUT2D eigenvalue weighted by Gasteiger charge is -2.32. The smallest absolute Gasteiger partial charge is 0.408 e. The molecule has 0 aromatic rings. The predicted molar refractivity (Wildman–Crippen MR) is 98.6 cm³/mol. The minimum Gasteiger partial charge on any atom is -0.444 e. The second-order valence-electron chi connectivity index (χ2n) is 8.43.